The molecule has 0 heterocycles. The molecule has 0 spiro atoms. The van der Waals surface area contributed by atoms with E-state index in [1.54, 1.807) is 12.1 Å². The van der Waals surface area contributed by atoms with Crippen LogP contribution in [0.2, 0.25) is 0 Å². The summed E-state index contributed by atoms with van der Waals surface area (Å²) in [4.78, 5) is 18.1. The molecule has 0 fully saturated rings. The number of hydrogen-bond acceptors (Lipinski definition) is 3. The van der Waals surface area contributed by atoms with Crippen molar-refractivity contribution in [1.82, 2.24) is 0 Å². The quantitative estimate of drug-likeness (QED) is 0.691. The van der Waals surface area contributed by atoms with E-state index in [0.29, 0.717) is 5.75 Å². The molecule has 0 aliphatic rings. The molecule has 1 aromatic carbocycles. The number of benzene rings is 1. The van der Waals surface area contributed by atoms with Gasteiger partial charge in [0.25, 0.3) is 0 Å². The van der Waals surface area contributed by atoms with Gasteiger partial charge in [0.1, 0.15) is 0 Å². The number of rotatable bonds is 2. The second-order valence-electron chi connectivity index (χ2n) is 2.80. The van der Waals surface area contributed by atoms with E-state index < -0.39 is 7.94 Å². The van der Waals surface area contributed by atoms with Crippen LogP contribution in [-0.2, 0) is 0 Å². The summed E-state index contributed by atoms with van der Waals surface area (Å²) < 4.78 is 4.98. The molecule has 0 aliphatic heterocycles. The molecule has 0 radical (unpaired) electrons. The molecule has 0 unspecified atom stereocenters. The Morgan fingerprint density at radius 3 is 2.33 bits per heavy atom. The van der Waals surface area contributed by atoms with Crippen molar-refractivity contribution in [2.45, 2.75) is 6.92 Å². The average Bonchev–Trinajstić information content (AvgIpc) is 1.91. The Morgan fingerprint density at radius 2 is 1.83 bits per heavy atom. The maximum atomic E-state index is 9.07. The molecule has 12 heavy (non-hydrogen) atoms. The van der Waals surface area contributed by atoms with Crippen molar-refractivity contribution < 1.29 is 14.3 Å². The van der Waals surface area contributed by atoms with Crippen molar-refractivity contribution in [2.75, 3.05) is 6.66 Å². The zero-order valence-electron chi connectivity index (χ0n) is 7.11. The Hall–Kier alpha value is -0.630. The van der Waals surface area contributed by atoms with Crippen LogP contribution in [0, 0.1) is 6.92 Å². The van der Waals surface area contributed by atoms with E-state index in [2.05, 4.69) is 0 Å². The summed E-state index contributed by atoms with van der Waals surface area (Å²) in [6, 6.07) is 7.24. The Morgan fingerprint density at radius 1 is 1.25 bits per heavy atom. The third kappa shape index (κ3) is 2.78. The molecule has 68 valence electrons. The molecule has 0 atom stereocenters. The zero-order chi connectivity index (χ0) is 9.19. The van der Waals surface area contributed by atoms with Crippen LogP contribution in [0.1, 0.15) is 5.56 Å². The first kappa shape index (κ1) is 9.46. The van der Waals surface area contributed by atoms with E-state index in [1.807, 2.05) is 19.1 Å². The second kappa shape index (κ2) is 3.40. The van der Waals surface area contributed by atoms with Crippen LogP contribution in [0.25, 0.3) is 0 Å². The summed E-state index contributed by atoms with van der Waals surface area (Å²) in [6.45, 7) is 3.16. The molecule has 1 aromatic rings. The third-order valence-electron chi connectivity index (χ3n) is 1.40. The molecule has 3 nitrogen and oxygen atoms in total. The van der Waals surface area contributed by atoms with Crippen LogP contribution in [0.3, 0.4) is 0 Å². The fourth-order valence-corrected chi connectivity index (χ4v) is 1.52. The van der Waals surface area contributed by atoms with E-state index >= 15 is 0 Å². The van der Waals surface area contributed by atoms with E-state index in [9.17, 15) is 0 Å². The van der Waals surface area contributed by atoms with Gasteiger partial charge < -0.3 is 0 Å². The molecular weight excluding hydrogens is 175 g/mol. The van der Waals surface area contributed by atoms with E-state index in [0.717, 1.165) is 5.56 Å². The average molecular weight is 188 g/mol. The SMILES string of the molecule is Cc1ccccc1O[PH](C)(O)O. The predicted octanol–water partition coefficient (Wildman–Crippen LogP) is 1.48. The van der Waals surface area contributed by atoms with Gasteiger partial charge in [-0.05, 0) is 0 Å². The molecule has 0 aromatic heterocycles. The molecule has 0 saturated carbocycles. The minimum absolute atomic E-state index is 0.539. The number of hydrogen-bond donors (Lipinski definition) is 2. The molecule has 1 rings (SSSR count). The zero-order valence-corrected chi connectivity index (χ0v) is 8.11. The molecule has 0 saturated heterocycles. The van der Waals surface area contributed by atoms with Crippen molar-refractivity contribution in [1.29, 1.82) is 0 Å². The van der Waals surface area contributed by atoms with Crippen LogP contribution in [0.5, 0.6) is 5.75 Å². The van der Waals surface area contributed by atoms with Gasteiger partial charge >= 0.3 is 71.4 Å². The fourth-order valence-electron chi connectivity index (χ4n) is 0.879. The molecule has 0 bridgehead atoms. The first-order chi connectivity index (χ1) is 5.49. The van der Waals surface area contributed by atoms with Crippen molar-refractivity contribution in [2.24, 2.45) is 0 Å². The van der Waals surface area contributed by atoms with Crippen LogP contribution in [0.15, 0.2) is 24.3 Å². The Labute approximate surface area is 72.2 Å². The summed E-state index contributed by atoms with van der Waals surface area (Å²) in [6.07, 6.45) is 0. The van der Waals surface area contributed by atoms with Gasteiger partial charge in [0, 0.05) is 0 Å². The van der Waals surface area contributed by atoms with Crippen LogP contribution in [0.4, 0.5) is 0 Å². The van der Waals surface area contributed by atoms with Crippen molar-refractivity contribution >= 4 is 7.94 Å². The second-order valence-corrected chi connectivity index (χ2v) is 4.87. The van der Waals surface area contributed by atoms with Crippen molar-refractivity contribution in [3.63, 3.8) is 0 Å². The van der Waals surface area contributed by atoms with Gasteiger partial charge in [-0.3, -0.25) is 0 Å². The Bertz CT molecular complexity index is 267. The molecule has 0 amide bonds. The van der Waals surface area contributed by atoms with Gasteiger partial charge in [-0.25, -0.2) is 0 Å². The maximum absolute atomic E-state index is 9.07. The van der Waals surface area contributed by atoms with Gasteiger partial charge in [-0.15, -0.1) is 0 Å². The summed E-state index contributed by atoms with van der Waals surface area (Å²) in [5.74, 6) is 0.539. The van der Waals surface area contributed by atoms with Gasteiger partial charge in [0.05, 0.1) is 0 Å². The number of aryl methyl sites for hydroxylation is 1. The number of para-hydroxylation sites is 1. The minimum atomic E-state index is -3.43. The normalized spacial score (nSPS) is 12.7. The first-order valence-electron chi connectivity index (χ1n) is 3.68. The fraction of sp³-hybridized carbons (Fsp3) is 0.250. The Kier molecular flexibility index (Phi) is 2.68. The summed E-state index contributed by atoms with van der Waals surface area (Å²) >= 11 is 0. The summed E-state index contributed by atoms with van der Waals surface area (Å²) in [5.41, 5.74) is 0.902. The van der Waals surface area contributed by atoms with Gasteiger partial charge in [-0.1, -0.05) is 0 Å². The van der Waals surface area contributed by atoms with Crippen LogP contribution >= 0.6 is 7.94 Å². The monoisotopic (exact) mass is 188 g/mol. The predicted molar refractivity (Wildman–Crippen MR) is 50.5 cm³/mol. The summed E-state index contributed by atoms with van der Waals surface area (Å²) in [5, 5.41) is 0. The van der Waals surface area contributed by atoms with Gasteiger partial charge in [0.15, 0.2) is 0 Å². The standard InChI is InChI=1S/C8H13O3P/c1-7-5-3-4-6-8(7)11-12(2,9)10/h3-6,9-10,12H,1-2H3. The molecule has 0 aliphatic carbocycles. The van der Waals surface area contributed by atoms with Gasteiger partial charge in [-0.2, -0.15) is 0 Å². The Balaban J connectivity index is 2.83. The van der Waals surface area contributed by atoms with E-state index in [1.165, 1.54) is 6.66 Å². The van der Waals surface area contributed by atoms with Crippen molar-refractivity contribution in [3.8, 4) is 5.75 Å². The van der Waals surface area contributed by atoms with E-state index in [4.69, 9.17) is 14.3 Å². The van der Waals surface area contributed by atoms with E-state index in [-0.39, 0.29) is 0 Å². The molecular formula is C8H13O3P. The third-order valence-corrected chi connectivity index (χ3v) is 2.00. The van der Waals surface area contributed by atoms with Gasteiger partial charge in [0.2, 0.25) is 0 Å². The topological polar surface area (TPSA) is 49.7 Å². The summed E-state index contributed by atoms with van der Waals surface area (Å²) in [7, 11) is -3.43. The molecule has 2 N–H and O–H groups in total. The van der Waals surface area contributed by atoms with Crippen molar-refractivity contribution in [3.05, 3.63) is 29.8 Å². The molecule has 4 heteroatoms. The first-order valence-corrected chi connectivity index (χ1v) is 5.99. The van der Waals surface area contributed by atoms with Crippen LogP contribution in [-0.4, -0.2) is 16.5 Å². The van der Waals surface area contributed by atoms with Crippen LogP contribution < -0.4 is 4.52 Å².